The summed E-state index contributed by atoms with van der Waals surface area (Å²) >= 11 is 5.76. The van der Waals surface area contributed by atoms with Crippen molar-refractivity contribution in [2.75, 3.05) is 6.54 Å². The third-order valence-electron chi connectivity index (χ3n) is 4.96. The van der Waals surface area contributed by atoms with E-state index >= 15 is 0 Å². The van der Waals surface area contributed by atoms with E-state index in [1.807, 2.05) is 23.1 Å². The van der Waals surface area contributed by atoms with Gasteiger partial charge in [-0.25, -0.2) is 4.39 Å². The van der Waals surface area contributed by atoms with Crippen LogP contribution in [-0.4, -0.2) is 22.9 Å². The number of hydrogen-bond acceptors (Lipinski definition) is 1. The Kier molecular flexibility index (Phi) is 5.47. The lowest BCUT2D eigenvalue weighted by atomic mass is 9.92. The molecule has 1 fully saturated rings. The summed E-state index contributed by atoms with van der Waals surface area (Å²) in [5.41, 5.74) is 1.45. The number of nitrogens with zero attached hydrogens (tertiary/aromatic N) is 1. The fourth-order valence-corrected chi connectivity index (χ4v) is 3.91. The van der Waals surface area contributed by atoms with E-state index in [1.54, 1.807) is 12.1 Å². The second kappa shape index (κ2) is 7.63. The summed E-state index contributed by atoms with van der Waals surface area (Å²) in [6.45, 7) is 4.90. The lowest BCUT2D eigenvalue weighted by Crippen LogP contribution is -2.41. The maximum absolute atomic E-state index is 13.9. The average molecular weight is 372 g/mol. The van der Waals surface area contributed by atoms with Crippen LogP contribution < -0.4 is 0 Å². The largest absolute Gasteiger partial charge is 0.334 e. The summed E-state index contributed by atoms with van der Waals surface area (Å²) in [6, 6.07) is 14.8. The topological polar surface area (TPSA) is 20.3 Å². The number of likely N-dealkylation sites (tertiary alicyclic amines) is 1. The molecule has 136 valence electrons. The third kappa shape index (κ3) is 4.34. The van der Waals surface area contributed by atoms with Crippen molar-refractivity contribution in [3.05, 3.63) is 76.6 Å². The Morgan fingerprint density at radius 1 is 1.27 bits per heavy atom. The molecule has 1 aliphatic rings. The van der Waals surface area contributed by atoms with Gasteiger partial charge >= 0.3 is 0 Å². The number of carbonyl (C=O) groups excluding carboxylic acids is 1. The number of rotatable bonds is 4. The molecule has 0 aromatic heterocycles. The van der Waals surface area contributed by atoms with Gasteiger partial charge in [0.25, 0.3) is 0 Å². The van der Waals surface area contributed by atoms with Crippen LogP contribution in [0.5, 0.6) is 0 Å². The predicted octanol–water partition coefficient (Wildman–Crippen LogP) is 5.36. The van der Waals surface area contributed by atoms with Crippen molar-refractivity contribution < 1.29 is 9.18 Å². The van der Waals surface area contributed by atoms with Crippen LogP contribution >= 0.6 is 11.6 Å². The quantitative estimate of drug-likeness (QED) is 0.662. The van der Waals surface area contributed by atoms with Crippen LogP contribution in [0.3, 0.4) is 0 Å². The Labute approximate surface area is 159 Å². The van der Waals surface area contributed by atoms with Gasteiger partial charge in [0, 0.05) is 28.7 Å². The first kappa shape index (κ1) is 18.7. The summed E-state index contributed by atoms with van der Waals surface area (Å²) in [6.07, 6.45) is 4.90. The van der Waals surface area contributed by atoms with Crippen molar-refractivity contribution in [2.24, 2.45) is 5.92 Å². The Bertz CT molecular complexity index is 816. The zero-order chi connectivity index (χ0) is 18.7. The summed E-state index contributed by atoms with van der Waals surface area (Å²) in [5.74, 6) is -0.0823. The van der Waals surface area contributed by atoms with Crippen LogP contribution in [0.1, 0.15) is 31.4 Å². The molecule has 1 aliphatic heterocycles. The van der Waals surface area contributed by atoms with Crippen LogP contribution in [0.2, 0.25) is 5.02 Å². The van der Waals surface area contributed by atoms with Gasteiger partial charge in [0.1, 0.15) is 5.82 Å². The van der Waals surface area contributed by atoms with E-state index in [2.05, 4.69) is 26.0 Å². The Morgan fingerprint density at radius 3 is 2.69 bits per heavy atom. The van der Waals surface area contributed by atoms with Gasteiger partial charge in [0.2, 0.25) is 5.91 Å². The normalized spacial score (nSPS) is 19.2. The van der Waals surface area contributed by atoms with Crippen molar-refractivity contribution in [3.8, 4) is 0 Å². The van der Waals surface area contributed by atoms with Crippen LogP contribution in [0, 0.1) is 11.7 Å². The van der Waals surface area contributed by atoms with Crippen molar-refractivity contribution in [2.45, 2.75) is 32.2 Å². The molecule has 1 saturated heterocycles. The minimum absolute atomic E-state index is 0.0834. The molecule has 26 heavy (non-hydrogen) atoms. The molecule has 2 aromatic rings. The van der Waals surface area contributed by atoms with Crippen molar-refractivity contribution >= 4 is 23.6 Å². The van der Waals surface area contributed by atoms with E-state index in [0.29, 0.717) is 23.0 Å². The van der Waals surface area contributed by atoms with E-state index in [-0.39, 0.29) is 11.4 Å². The first-order valence-electron chi connectivity index (χ1n) is 8.84. The molecule has 1 unspecified atom stereocenters. The number of halogens is 2. The Balaban J connectivity index is 1.69. The SMILES string of the molecule is CC1(C)CC(Cc2ccccc2)CN1C(=O)/C=C/c1ccc(Cl)cc1F. The number of hydrogen-bond donors (Lipinski definition) is 0. The van der Waals surface area contributed by atoms with Gasteiger partial charge in [0.05, 0.1) is 0 Å². The summed E-state index contributed by atoms with van der Waals surface area (Å²) < 4.78 is 13.9. The molecule has 0 saturated carbocycles. The van der Waals surface area contributed by atoms with Crippen molar-refractivity contribution in [1.82, 2.24) is 4.90 Å². The predicted molar refractivity (Wildman–Crippen MR) is 104 cm³/mol. The molecule has 1 heterocycles. The number of benzene rings is 2. The van der Waals surface area contributed by atoms with Gasteiger partial charge in [-0.1, -0.05) is 48.0 Å². The summed E-state index contributed by atoms with van der Waals surface area (Å²) in [4.78, 5) is 14.6. The van der Waals surface area contributed by atoms with E-state index < -0.39 is 5.82 Å². The molecule has 0 radical (unpaired) electrons. The van der Waals surface area contributed by atoms with Gasteiger partial charge in [-0.15, -0.1) is 0 Å². The molecule has 3 rings (SSSR count). The van der Waals surface area contributed by atoms with Gasteiger partial charge in [-0.2, -0.15) is 0 Å². The first-order chi connectivity index (χ1) is 12.3. The van der Waals surface area contributed by atoms with Crippen molar-refractivity contribution in [3.63, 3.8) is 0 Å². The summed E-state index contributed by atoms with van der Waals surface area (Å²) in [7, 11) is 0. The molecule has 0 aliphatic carbocycles. The highest BCUT2D eigenvalue weighted by atomic mass is 35.5. The Hall–Kier alpha value is -2.13. The minimum atomic E-state index is -0.427. The van der Waals surface area contributed by atoms with Gasteiger partial charge in [-0.05, 0) is 56.4 Å². The maximum Gasteiger partial charge on any atom is 0.247 e. The number of carbonyl (C=O) groups is 1. The van der Waals surface area contributed by atoms with E-state index in [9.17, 15) is 9.18 Å². The highest BCUT2D eigenvalue weighted by molar-refractivity contribution is 6.30. The molecule has 1 amide bonds. The standard InChI is InChI=1S/C22H23ClFNO/c1-22(2)14-17(12-16-6-4-3-5-7-16)15-25(22)21(26)11-9-18-8-10-19(23)13-20(18)24/h3-11,13,17H,12,14-15H2,1-2H3/b11-9+. The molecule has 0 N–H and O–H groups in total. The molecule has 2 nitrogen and oxygen atoms in total. The second-order valence-electron chi connectivity index (χ2n) is 7.52. The molecule has 4 heteroatoms. The fourth-order valence-electron chi connectivity index (χ4n) is 3.75. The third-order valence-corrected chi connectivity index (χ3v) is 5.20. The molecule has 0 spiro atoms. The second-order valence-corrected chi connectivity index (χ2v) is 7.96. The minimum Gasteiger partial charge on any atom is -0.334 e. The smallest absolute Gasteiger partial charge is 0.247 e. The van der Waals surface area contributed by atoms with E-state index in [4.69, 9.17) is 11.6 Å². The van der Waals surface area contributed by atoms with Crippen LogP contribution in [-0.2, 0) is 11.2 Å². The van der Waals surface area contributed by atoms with Crippen molar-refractivity contribution in [1.29, 1.82) is 0 Å². The number of amides is 1. The van der Waals surface area contributed by atoms with Crippen LogP contribution in [0.25, 0.3) is 6.08 Å². The van der Waals surface area contributed by atoms with E-state index in [0.717, 1.165) is 12.8 Å². The van der Waals surface area contributed by atoms with Crippen LogP contribution in [0.4, 0.5) is 4.39 Å². The Morgan fingerprint density at radius 2 is 2.00 bits per heavy atom. The van der Waals surface area contributed by atoms with Gasteiger partial charge in [-0.3, -0.25) is 4.79 Å². The summed E-state index contributed by atoms with van der Waals surface area (Å²) in [5, 5.41) is 0.343. The fraction of sp³-hybridized carbons (Fsp3) is 0.318. The van der Waals surface area contributed by atoms with Crippen LogP contribution in [0.15, 0.2) is 54.6 Å². The first-order valence-corrected chi connectivity index (χ1v) is 9.21. The molecule has 2 aromatic carbocycles. The zero-order valence-electron chi connectivity index (χ0n) is 15.1. The lowest BCUT2D eigenvalue weighted by Gasteiger charge is -2.30. The molecular formula is C22H23ClFNO. The highest BCUT2D eigenvalue weighted by Crippen LogP contribution is 2.34. The average Bonchev–Trinajstić information content (AvgIpc) is 2.89. The molecule has 1 atom stereocenters. The van der Waals surface area contributed by atoms with E-state index in [1.165, 1.54) is 23.8 Å². The molecular weight excluding hydrogens is 349 g/mol. The molecule has 0 bridgehead atoms. The highest BCUT2D eigenvalue weighted by Gasteiger charge is 2.40. The monoisotopic (exact) mass is 371 g/mol. The van der Waals surface area contributed by atoms with Gasteiger partial charge in [0.15, 0.2) is 0 Å². The zero-order valence-corrected chi connectivity index (χ0v) is 15.8. The maximum atomic E-state index is 13.9. The van der Waals surface area contributed by atoms with Gasteiger partial charge < -0.3 is 4.90 Å². The lowest BCUT2D eigenvalue weighted by molar-refractivity contribution is -0.129.